The van der Waals surface area contributed by atoms with Gasteiger partial charge >= 0.3 is 0 Å². The van der Waals surface area contributed by atoms with E-state index in [4.69, 9.17) is 5.26 Å². The number of hydrogen-bond acceptors (Lipinski definition) is 3. The van der Waals surface area contributed by atoms with Crippen LogP contribution in [0.3, 0.4) is 0 Å². The Morgan fingerprint density at radius 2 is 2.12 bits per heavy atom. The van der Waals surface area contributed by atoms with Crippen LogP contribution in [0.5, 0.6) is 0 Å². The number of hydrogen-bond donors (Lipinski definition) is 0. The molecule has 0 fully saturated rings. The summed E-state index contributed by atoms with van der Waals surface area (Å²) in [6.45, 7) is 6.19. The van der Waals surface area contributed by atoms with Crippen molar-refractivity contribution in [3.8, 4) is 16.6 Å². The summed E-state index contributed by atoms with van der Waals surface area (Å²) in [4.78, 5) is 5.32. The summed E-state index contributed by atoms with van der Waals surface area (Å²) in [5.74, 6) is 0.291. The van der Waals surface area contributed by atoms with E-state index in [0.29, 0.717) is 5.92 Å². The average molecular weight is 242 g/mol. The second-order valence-corrected chi connectivity index (χ2v) is 5.37. The second kappa shape index (κ2) is 4.68. The Kier molecular flexibility index (Phi) is 3.26. The summed E-state index contributed by atoms with van der Waals surface area (Å²) in [6, 6.07) is 10.5. The molecule has 2 nitrogen and oxygen atoms in total. The van der Waals surface area contributed by atoms with E-state index in [9.17, 15) is 0 Å². The van der Waals surface area contributed by atoms with Crippen molar-refractivity contribution in [1.82, 2.24) is 4.98 Å². The smallest absolute Gasteiger partial charge is 0.128 e. The first-order valence-corrected chi connectivity index (χ1v) is 6.41. The molecule has 0 aliphatic carbocycles. The fourth-order valence-electron chi connectivity index (χ4n) is 1.70. The van der Waals surface area contributed by atoms with E-state index in [1.54, 1.807) is 0 Å². The summed E-state index contributed by atoms with van der Waals surface area (Å²) in [6.07, 6.45) is 0. The molecule has 0 saturated carbocycles. The van der Waals surface area contributed by atoms with Gasteiger partial charge in [0.25, 0.3) is 0 Å². The minimum absolute atomic E-state index is 0.291. The predicted molar refractivity (Wildman–Crippen MR) is 71.1 cm³/mol. The van der Waals surface area contributed by atoms with E-state index < -0.39 is 0 Å². The third kappa shape index (κ3) is 2.37. The normalized spacial score (nSPS) is 10.5. The summed E-state index contributed by atoms with van der Waals surface area (Å²) >= 11 is 1.48. The lowest BCUT2D eigenvalue weighted by molar-refractivity contribution is 0.831. The highest BCUT2D eigenvalue weighted by molar-refractivity contribution is 7.15. The Hall–Kier alpha value is -1.66. The van der Waals surface area contributed by atoms with Crippen molar-refractivity contribution < 1.29 is 0 Å². The summed E-state index contributed by atoms with van der Waals surface area (Å²) in [7, 11) is 0. The van der Waals surface area contributed by atoms with Gasteiger partial charge in [0.05, 0.1) is 5.69 Å². The van der Waals surface area contributed by atoms with E-state index >= 15 is 0 Å². The molecule has 86 valence electrons. The molecule has 0 unspecified atom stereocenters. The van der Waals surface area contributed by atoms with E-state index in [2.05, 4.69) is 44.0 Å². The lowest BCUT2D eigenvalue weighted by Crippen LogP contribution is -1.90. The van der Waals surface area contributed by atoms with Crippen LogP contribution in [0.2, 0.25) is 0 Å². The van der Waals surface area contributed by atoms with Crippen molar-refractivity contribution >= 4 is 11.3 Å². The maximum Gasteiger partial charge on any atom is 0.128 e. The number of nitrogens with zero attached hydrogens (tertiary/aromatic N) is 2. The van der Waals surface area contributed by atoms with Crippen LogP contribution in [0, 0.1) is 18.3 Å². The van der Waals surface area contributed by atoms with E-state index in [1.165, 1.54) is 16.9 Å². The van der Waals surface area contributed by atoms with Gasteiger partial charge in [-0.3, -0.25) is 0 Å². The molecule has 1 aromatic heterocycles. The number of aryl methyl sites for hydroxylation is 1. The van der Waals surface area contributed by atoms with Gasteiger partial charge in [-0.25, -0.2) is 4.98 Å². The van der Waals surface area contributed by atoms with Gasteiger partial charge in [0.2, 0.25) is 0 Å². The minimum Gasteiger partial charge on any atom is -0.239 e. The zero-order valence-electron chi connectivity index (χ0n) is 10.2. The molecule has 0 N–H and O–H groups in total. The summed E-state index contributed by atoms with van der Waals surface area (Å²) < 4.78 is 0. The van der Waals surface area contributed by atoms with Gasteiger partial charge in [0.15, 0.2) is 0 Å². The van der Waals surface area contributed by atoms with E-state index in [-0.39, 0.29) is 0 Å². The van der Waals surface area contributed by atoms with Gasteiger partial charge in [-0.1, -0.05) is 37.6 Å². The Bertz CT molecular complexity index is 576. The van der Waals surface area contributed by atoms with Crippen LogP contribution in [0.1, 0.15) is 35.9 Å². The van der Waals surface area contributed by atoms with Crippen molar-refractivity contribution in [2.24, 2.45) is 0 Å². The van der Waals surface area contributed by atoms with Crippen LogP contribution in [-0.2, 0) is 0 Å². The molecular weight excluding hydrogens is 228 g/mol. The van der Waals surface area contributed by atoms with Gasteiger partial charge in [-0.05, 0) is 18.9 Å². The number of benzene rings is 1. The number of nitriles is 1. The molecule has 0 amide bonds. The van der Waals surface area contributed by atoms with Crippen LogP contribution in [0.4, 0.5) is 0 Å². The molecule has 0 aliphatic rings. The molecule has 2 aromatic rings. The summed E-state index contributed by atoms with van der Waals surface area (Å²) in [5, 5.41) is 10.0. The molecule has 0 saturated heterocycles. The number of rotatable bonds is 2. The van der Waals surface area contributed by atoms with E-state index in [0.717, 1.165) is 21.1 Å². The fraction of sp³-hybridized carbons (Fsp3) is 0.286. The fourth-order valence-corrected chi connectivity index (χ4v) is 2.72. The van der Waals surface area contributed by atoms with Crippen molar-refractivity contribution in [2.45, 2.75) is 26.7 Å². The highest BCUT2D eigenvalue weighted by Gasteiger charge is 2.14. The standard InChI is InChI=1S/C14H14N2S/c1-9(2)13-12(8-15)17-14(16-13)11-6-4-5-10(3)7-11/h4-7,9H,1-3H3. The zero-order chi connectivity index (χ0) is 12.4. The molecule has 3 heteroatoms. The molecular formula is C14H14N2S. The largest absolute Gasteiger partial charge is 0.239 e. The molecule has 17 heavy (non-hydrogen) atoms. The molecule has 0 spiro atoms. The second-order valence-electron chi connectivity index (χ2n) is 4.37. The van der Waals surface area contributed by atoms with Gasteiger partial charge in [0, 0.05) is 5.56 Å². The predicted octanol–water partition coefficient (Wildman–Crippen LogP) is 4.11. The molecule has 0 radical (unpaired) electrons. The first-order chi connectivity index (χ1) is 8.11. The maximum absolute atomic E-state index is 9.10. The molecule has 0 atom stereocenters. The third-order valence-electron chi connectivity index (χ3n) is 2.57. The quantitative estimate of drug-likeness (QED) is 0.794. The van der Waals surface area contributed by atoms with Crippen molar-refractivity contribution in [3.63, 3.8) is 0 Å². The Labute approximate surface area is 106 Å². The van der Waals surface area contributed by atoms with Crippen molar-refractivity contribution in [1.29, 1.82) is 5.26 Å². The van der Waals surface area contributed by atoms with Crippen molar-refractivity contribution in [2.75, 3.05) is 0 Å². The first kappa shape index (κ1) is 11.8. The van der Waals surface area contributed by atoms with Crippen molar-refractivity contribution in [3.05, 3.63) is 40.4 Å². The first-order valence-electron chi connectivity index (χ1n) is 5.59. The maximum atomic E-state index is 9.10. The number of thiazole rings is 1. The topological polar surface area (TPSA) is 36.7 Å². The van der Waals surface area contributed by atoms with Gasteiger partial charge in [0.1, 0.15) is 16.0 Å². The van der Waals surface area contributed by atoms with Crippen LogP contribution in [0.25, 0.3) is 10.6 Å². The van der Waals surface area contributed by atoms with Crippen LogP contribution in [0.15, 0.2) is 24.3 Å². The Balaban J connectivity index is 2.51. The Morgan fingerprint density at radius 3 is 2.65 bits per heavy atom. The van der Waals surface area contributed by atoms with Crippen LogP contribution < -0.4 is 0 Å². The van der Waals surface area contributed by atoms with Gasteiger partial charge in [-0.15, -0.1) is 11.3 Å². The lowest BCUT2D eigenvalue weighted by atomic mass is 10.1. The molecule has 2 rings (SSSR count). The zero-order valence-corrected chi connectivity index (χ0v) is 11.0. The monoisotopic (exact) mass is 242 g/mol. The SMILES string of the molecule is Cc1cccc(-c2nc(C(C)C)c(C#N)s2)c1. The highest BCUT2D eigenvalue weighted by Crippen LogP contribution is 2.31. The molecule has 0 aliphatic heterocycles. The van der Waals surface area contributed by atoms with Crippen LogP contribution >= 0.6 is 11.3 Å². The van der Waals surface area contributed by atoms with E-state index in [1.807, 2.05) is 12.1 Å². The molecule has 1 aromatic carbocycles. The molecule has 1 heterocycles. The number of aromatic nitrogens is 1. The highest BCUT2D eigenvalue weighted by atomic mass is 32.1. The Morgan fingerprint density at radius 1 is 1.35 bits per heavy atom. The van der Waals surface area contributed by atoms with Crippen LogP contribution in [-0.4, -0.2) is 4.98 Å². The third-order valence-corrected chi connectivity index (χ3v) is 3.59. The van der Waals surface area contributed by atoms with Gasteiger partial charge in [-0.2, -0.15) is 5.26 Å². The average Bonchev–Trinajstić information content (AvgIpc) is 2.73. The summed E-state index contributed by atoms with van der Waals surface area (Å²) in [5.41, 5.74) is 3.22. The molecule has 0 bridgehead atoms. The van der Waals surface area contributed by atoms with Gasteiger partial charge < -0.3 is 0 Å². The minimum atomic E-state index is 0.291. The lowest BCUT2D eigenvalue weighted by Gasteiger charge is -1.99.